The molecule has 1 heterocycles. The van der Waals surface area contributed by atoms with Gasteiger partial charge >= 0.3 is 5.97 Å². The maximum atomic E-state index is 11.2. The molecule has 102 valence electrons. The third kappa shape index (κ3) is 2.05. The molecule has 0 atom stereocenters. The Balaban J connectivity index is 2.05. The van der Waals surface area contributed by atoms with Crippen LogP contribution in [-0.2, 0) is 0 Å². The minimum absolute atomic E-state index is 0.0248. The molecule has 2 aromatic rings. The van der Waals surface area contributed by atoms with Gasteiger partial charge in [-0.2, -0.15) is 0 Å². The standard InChI is InChI=1S/C14H12N2O4/c17-14(18)13-8-7-12(15(13)10-5-6-10)9-1-3-11(4-2-9)16(19)20/h1-4,7-8,10H,5-6H2,(H,17,18). The summed E-state index contributed by atoms with van der Waals surface area (Å²) in [4.78, 5) is 21.4. The van der Waals surface area contributed by atoms with Crippen LogP contribution in [0.1, 0.15) is 29.4 Å². The fourth-order valence-electron chi connectivity index (χ4n) is 2.34. The molecule has 3 rings (SSSR count). The number of carboxylic acids is 1. The van der Waals surface area contributed by atoms with Gasteiger partial charge in [0.1, 0.15) is 5.69 Å². The maximum Gasteiger partial charge on any atom is 0.352 e. The normalized spacial score (nSPS) is 14.2. The first-order valence-corrected chi connectivity index (χ1v) is 6.27. The van der Waals surface area contributed by atoms with E-state index in [4.69, 9.17) is 0 Å². The van der Waals surface area contributed by atoms with Crippen LogP contribution in [0.4, 0.5) is 5.69 Å². The number of nitrogens with zero attached hydrogens (tertiary/aromatic N) is 2. The lowest BCUT2D eigenvalue weighted by Gasteiger charge is -2.10. The number of hydrogen-bond donors (Lipinski definition) is 1. The number of benzene rings is 1. The van der Waals surface area contributed by atoms with Crippen LogP contribution >= 0.6 is 0 Å². The molecule has 0 bridgehead atoms. The Hall–Kier alpha value is -2.63. The molecule has 0 radical (unpaired) electrons. The van der Waals surface area contributed by atoms with E-state index < -0.39 is 10.9 Å². The van der Waals surface area contributed by atoms with E-state index in [2.05, 4.69) is 0 Å². The summed E-state index contributed by atoms with van der Waals surface area (Å²) in [6.45, 7) is 0. The maximum absolute atomic E-state index is 11.2. The van der Waals surface area contributed by atoms with Crippen molar-refractivity contribution in [3.05, 3.63) is 52.2 Å². The number of aromatic carboxylic acids is 1. The number of carbonyl (C=O) groups is 1. The van der Waals surface area contributed by atoms with Crippen LogP contribution in [0, 0.1) is 10.1 Å². The third-order valence-corrected chi connectivity index (χ3v) is 3.42. The van der Waals surface area contributed by atoms with Crippen molar-refractivity contribution in [1.29, 1.82) is 0 Å². The number of hydrogen-bond acceptors (Lipinski definition) is 3. The summed E-state index contributed by atoms with van der Waals surface area (Å²) in [5.41, 5.74) is 1.87. The van der Waals surface area contributed by atoms with Crippen LogP contribution in [0.3, 0.4) is 0 Å². The highest BCUT2D eigenvalue weighted by Crippen LogP contribution is 2.40. The van der Waals surface area contributed by atoms with E-state index in [-0.39, 0.29) is 17.4 Å². The molecule has 0 unspecified atom stereocenters. The van der Waals surface area contributed by atoms with Gasteiger partial charge in [0, 0.05) is 23.9 Å². The van der Waals surface area contributed by atoms with Gasteiger partial charge in [-0.1, -0.05) is 0 Å². The highest BCUT2D eigenvalue weighted by Gasteiger charge is 2.29. The zero-order chi connectivity index (χ0) is 14.3. The lowest BCUT2D eigenvalue weighted by Crippen LogP contribution is -2.08. The molecule has 6 nitrogen and oxygen atoms in total. The molecule has 1 aliphatic carbocycles. The Morgan fingerprint density at radius 1 is 1.20 bits per heavy atom. The van der Waals surface area contributed by atoms with Gasteiger partial charge in [0.05, 0.1) is 4.92 Å². The highest BCUT2D eigenvalue weighted by atomic mass is 16.6. The molecule has 1 aromatic carbocycles. The summed E-state index contributed by atoms with van der Waals surface area (Å²) in [7, 11) is 0. The van der Waals surface area contributed by atoms with E-state index in [1.54, 1.807) is 24.3 Å². The molecule has 0 aliphatic heterocycles. The first-order chi connectivity index (χ1) is 9.58. The number of nitro benzene ring substituents is 1. The average molecular weight is 272 g/mol. The first kappa shape index (κ1) is 12.4. The number of non-ortho nitro benzene ring substituents is 1. The van der Waals surface area contributed by atoms with Crippen molar-refractivity contribution in [3.8, 4) is 11.3 Å². The Labute approximate surface area is 114 Å². The Morgan fingerprint density at radius 3 is 2.35 bits per heavy atom. The van der Waals surface area contributed by atoms with Crippen molar-refractivity contribution in [1.82, 2.24) is 4.57 Å². The molecule has 1 fully saturated rings. The van der Waals surface area contributed by atoms with Crippen LogP contribution in [0.2, 0.25) is 0 Å². The van der Waals surface area contributed by atoms with Crippen LogP contribution in [-0.4, -0.2) is 20.6 Å². The smallest absolute Gasteiger partial charge is 0.352 e. The van der Waals surface area contributed by atoms with E-state index in [0.717, 1.165) is 24.1 Å². The zero-order valence-corrected chi connectivity index (χ0v) is 10.5. The van der Waals surface area contributed by atoms with Crippen molar-refractivity contribution in [2.45, 2.75) is 18.9 Å². The minimum Gasteiger partial charge on any atom is -0.477 e. The van der Waals surface area contributed by atoms with Gasteiger partial charge in [-0.15, -0.1) is 0 Å². The van der Waals surface area contributed by atoms with Crippen molar-refractivity contribution in [2.75, 3.05) is 0 Å². The van der Waals surface area contributed by atoms with E-state index in [9.17, 15) is 20.0 Å². The molecule has 1 N–H and O–H groups in total. The van der Waals surface area contributed by atoms with Crippen molar-refractivity contribution in [2.24, 2.45) is 0 Å². The van der Waals surface area contributed by atoms with E-state index in [1.807, 2.05) is 4.57 Å². The number of nitro groups is 1. The number of aromatic nitrogens is 1. The lowest BCUT2D eigenvalue weighted by atomic mass is 10.1. The second-order valence-electron chi connectivity index (χ2n) is 4.81. The van der Waals surface area contributed by atoms with E-state index in [1.165, 1.54) is 12.1 Å². The lowest BCUT2D eigenvalue weighted by molar-refractivity contribution is -0.384. The molecule has 1 aliphatic rings. The minimum atomic E-state index is -0.954. The Kier molecular flexibility index (Phi) is 2.78. The summed E-state index contributed by atoms with van der Waals surface area (Å²) >= 11 is 0. The van der Waals surface area contributed by atoms with Crippen LogP contribution in [0.5, 0.6) is 0 Å². The van der Waals surface area contributed by atoms with Crippen LogP contribution < -0.4 is 0 Å². The predicted molar refractivity (Wildman–Crippen MR) is 71.8 cm³/mol. The molecule has 1 aromatic heterocycles. The monoisotopic (exact) mass is 272 g/mol. The number of carboxylic acid groups (broad SMARTS) is 1. The molecule has 20 heavy (non-hydrogen) atoms. The van der Waals surface area contributed by atoms with Crippen LogP contribution in [0.15, 0.2) is 36.4 Å². The second-order valence-corrected chi connectivity index (χ2v) is 4.81. The largest absolute Gasteiger partial charge is 0.477 e. The summed E-state index contributed by atoms with van der Waals surface area (Å²) in [6, 6.07) is 9.72. The van der Waals surface area contributed by atoms with Crippen molar-refractivity contribution >= 4 is 11.7 Å². The fraction of sp³-hybridized carbons (Fsp3) is 0.214. The molecule has 0 saturated heterocycles. The summed E-state index contributed by atoms with van der Waals surface area (Å²) in [5.74, 6) is -0.954. The Morgan fingerprint density at radius 2 is 1.85 bits per heavy atom. The quantitative estimate of drug-likeness (QED) is 0.684. The van der Waals surface area contributed by atoms with Gasteiger partial charge < -0.3 is 9.67 Å². The Bertz CT molecular complexity index is 684. The molecule has 6 heteroatoms. The highest BCUT2D eigenvalue weighted by molar-refractivity contribution is 5.87. The summed E-state index contributed by atoms with van der Waals surface area (Å²) < 4.78 is 1.81. The summed E-state index contributed by atoms with van der Waals surface area (Å²) in [6.07, 6.45) is 1.93. The molecular formula is C14H12N2O4. The van der Waals surface area contributed by atoms with Crippen molar-refractivity contribution < 1.29 is 14.8 Å². The molecular weight excluding hydrogens is 260 g/mol. The average Bonchev–Trinajstić information content (AvgIpc) is 3.17. The molecule has 0 amide bonds. The summed E-state index contributed by atoms with van der Waals surface area (Å²) in [5, 5.41) is 19.9. The fourth-order valence-corrected chi connectivity index (χ4v) is 2.34. The topological polar surface area (TPSA) is 85.4 Å². The van der Waals surface area contributed by atoms with Gasteiger partial charge in [-0.3, -0.25) is 10.1 Å². The van der Waals surface area contributed by atoms with Crippen LogP contribution in [0.25, 0.3) is 11.3 Å². The van der Waals surface area contributed by atoms with Gasteiger partial charge in [0.25, 0.3) is 5.69 Å². The first-order valence-electron chi connectivity index (χ1n) is 6.27. The molecule has 0 spiro atoms. The van der Waals surface area contributed by atoms with Gasteiger partial charge in [0.15, 0.2) is 0 Å². The van der Waals surface area contributed by atoms with E-state index in [0.29, 0.717) is 0 Å². The number of rotatable bonds is 4. The second kappa shape index (κ2) is 4.48. The van der Waals surface area contributed by atoms with Gasteiger partial charge in [-0.25, -0.2) is 4.79 Å². The van der Waals surface area contributed by atoms with Crippen molar-refractivity contribution in [3.63, 3.8) is 0 Å². The zero-order valence-electron chi connectivity index (χ0n) is 10.5. The SMILES string of the molecule is O=C(O)c1ccc(-c2ccc([N+](=O)[O-])cc2)n1C1CC1. The van der Waals surface area contributed by atoms with Gasteiger partial charge in [-0.05, 0) is 42.7 Å². The molecule has 1 saturated carbocycles. The van der Waals surface area contributed by atoms with E-state index >= 15 is 0 Å². The third-order valence-electron chi connectivity index (χ3n) is 3.42. The van der Waals surface area contributed by atoms with Gasteiger partial charge in [0.2, 0.25) is 0 Å². The predicted octanol–water partition coefficient (Wildman–Crippen LogP) is 3.10.